The monoisotopic (exact) mass is 417 g/mol. The van der Waals surface area contributed by atoms with E-state index in [0.717, 1.165) is 26.2 Å². The number of amides is 3. The Kier molecular flexibility index (Phi) is 5.10. The van der Waals surface area contributed by atoms with E-state index in [1.54, 1.807) is 18.2 Å². The number of hydrogen-bond donors (Lipinski definition) is 0. The van der Waals surface area contributed by atoms with Gasteiger partial charge >= 0.3 is 0 Å². The number of rotatable bonds is 3. The van der Waals surface area contributed by atoms with E-state index in [1.807, 2.05) is 18.4 Å². The Balaban J connectivity index is 1.79. The maximum absolute atomic E-state index is 12.9. The molecule has 6 nitrogen and oxygen atoms in total. The predicted octanol–water partition coefficient (Wildman–Crippen LogP) is 3.35. The molecule has 1 aliphatic heterocycles. The maximum atomic E-state index is 12.9. The molecule has 0 saturated carbocycles. The summed E-state index contributed by atoms with van der Waals surface area (Å²) in [6, 6.07) is 10.6. The fraction of sp³-hybridized carbons (Fsp3) is 0.217. The van der Waals surface area contributed by atoms with Crippen LogP contribution in [0.15, 0.2) is 41.4 Å². The molecule has 1 aromatic heterocycles. The van der Waals surface area contributed by atoms with E-state index in [4.69, 9.17) is 6.42 Å². The van der Waals surface area contributed by atoms with Gasteiger partial charge < -0.3 is 4.57 Å². The zero-order chi connectivity index (χ0) is 21.4. The molecule has 150 valence electrons. The van der Waals surface area contributed by atoms with Crippen molar-refractivity contribution in [2.75, 3.05) is 4.90 Å². The number of thiazole rings is 1. The molecule has 3 amide bonds. The largest absolute Gasteiger partial charge is 0.304 e. The van der Waals surface area contributed by atoms with Crippen molar-refractivity contribution in [3.8, 4) is 12.3 Å². The lowest BCUT2D eigenvalue weighted by Crippen LogP contribution is -2.28. The first kappa shape index (κ1) is 19.8. The van der Waals surface area contributed by atoms with Crippen molar-refractivity contribution < 1.29 is 14.4 Å². The van der Waals surface area contributed by atoms with Crippen molar-refractivity contribution in [3.05, 3.63) is 57.9 Å². The number of fused-ring (bicyclic) bond motifs is 1. The van der Waals surface area contributed by atoms with Crippen molar-refractivity contribution in [1.29, 1.82) is 0 Å². The van der Waals surface area contributed by atoms with Gasteiger partial charge in [0.25, 0.3) is 5.91 Å². The molecule has 0 unspecified atom stereocenters. The smallest absolute Gasteiger partial charge is 0.279 e. The zero-order valence-corrected chi connectivity index (χ0v) is 17.5. The zero-order valence-electron chi connectivity index (χ0n) is 16.6. The molecule has 2 heterocycles. The summed E-state index contributed by atoms with van der Waals surface area (Å²) in [5.41, 5.74) is 3.86. The van der Waals surface area contributed by atoms with Crippen molar-refractivity contribution >= 4 is 45.0 Å². The molecule has 0 N–H and O–H groups in total. The predicted molar refractivity (Wildman–Crippen MR) is 116 cm³/mol. The van der Waals surface area contributed by atoms with Crippen LogP contribution in [0.3, 0.4) is 0 Å². The Morgan fingerprint density at radius 2 is 1.90 bits per heavy atom. The second-order valence-corrected chi connectivity index (χ2v) is 8.20. The number of nitrogens with zero attached hydrogens (tertiary/aromatic N) is 3. The van der Waals surface area contributed by atoms with Gasteiger partial charge in [-0.15, -0.1) is 6.42 Å². The van der Waals surface area contributed by atoms with E-state index in [2.05, 4.69) is 23.0 Å². The van der Waals surface area contributed by atoms with Crippen LogP contribution in [0.5, 0.6) is 0 Å². The summed E-state index contributed by atoms with van der Waals surface area (Å²) in [4.78, 5) is 42.9. The second-order valence-electron chi connectivity index (χ2n) is 7.19. The van der Waals surface area contributed by atoms with E-state index in [-0.39, 0.29) is 24.7 Å². The Labute approximate surface area is 177 Å². The van der Waals surface area contributed by atoms with Gasteiger partial charge in [0.15, 0.2) is 4.80 Å². The number of terminal acetylenes is 1. The van der Waals surface area contributed by atoms with Crippen LogP contribution in [-0.2, 0) is 16.1 Å². The van der Waals surface area contributed by atoms with Gasteiger partial charge in [-0.25, -0.2) is 0 Å². The molecule has 0 radical (unpaired) electrons. The summed E-state index contributed by atoms with van der Waals surface area (Å²) in [5.74, 6) is 1.65. The highest BCUT2D eigenvalue weighted by Gasteiger charge is 2.30. The highest BCUT2D eigenvalue weighted by Crippen LogP contribution is 2.25. The molecule has 0 bridgehead atoms. The van der Waals surface area contributed by atoms with Crippen LogP contribution >= 0.6 is 11.3 Å². The summed E-state index contributed by atoms with van der Waals surface area (Å²) >= 11 is 1.41. The molecule has 0 spiro atoms. The summed E-state index contributed by atoms with van der Waals surface area (Å²) in [5, 5.41) is 0. The van der Waals surface area contributed by atoms with Gasteiger partial charge in [0.05, 0.1) is 22.4 Å². The number of benzene rings is 2. The molecule has 1 fully saturated rings. The molecular weight excluding hydrogens is 398 g/mol. The Bertz CT molecular complexity index is 1310. The highest BCUT2D eigenvalue weighted by atomic mass is 32.1. The van der Waals surface area contributed by atoms with Crippen LogP contribution in [0.25, 0.3) is 10.2 Å². The summed E-state index contributed by atoms with van der Waals surface area (Å²) < 4.78 is 2.88. The van der Waals surface area contributed by atoms with Crippen molar-refractivity contribution in [1.82, 2.24) is 4.57 Å². The number of imide groups is 1. The number of anilines is 1. The molecule has 0 aliphatic carbocycles. The molecule has 2 aromatic carbocycles. The number of carbonyl (C=O) groups is 3. The van der Waals surface area contributed by atoms with Crippen LogP contribution in [-0.4, -0.2) is 22.3 Å². The third kappa shape index (κ3) is 3.46. The molecule has 4 rings (SSSR count). The Morgan fingerprint density at radius 3 is 2.60 bits per heavy atom. The fourth-order valence-electron chi connectivity index (χ4n) is 3.71. The molecule has 30 heavy (non-hydrogen) atoms. The topological polar surface area (TPSA) is 71.7 Å². The molecule has 1 saturated heterocycles. The van der Waals surface area contributed by atoms with E-state index < -0.39 is 5.91 Å². The standard InChI is InChI=1S/C23H19N3O3S/c1-4-10-25-21-15(3)11-14(2)12-18(21)30-23(25)24-22(29)16-6-5-7-17(13-16)26-19(27)8-9-20(26)28/h1,5-7,11-13H,8-10H2,2-3H3. The summed E-state index contributed by atoms with van der Waals surface area (Å²) in [6.45, 7) is 4.33. The van der Waals surface area contributed by atoms with Gasteiger partial charge in [0.2, 0.25) is 11.8 Å². The fourth-order valence-corrected chi connectivity index (χ4v) is 4.91. The molecule has 3 aromatic rings. The first-order chi connectivity index (χ1) is 14.4. The molecule has 7 heteroatoms. The molecular formula is C23H19N3O3S. The van der Waals surface area contributed by atoms with Gasteiger partial charge in [-0.05, 0) is 49.2 Å². The number of aromatic nitrogens is 1. The van der Waals surface area contributed by atoms with Crippen LogP contribution in [0.4, 0.5) is 5.69 Å². The first-order valence-corrected chi connectivity index (χ1v) is 10.3. The van der Waals surface area contributed by atoms with Crippen LogP contribution in [0.2, 0.25) is 0 Å². The normalized spacial score (nSPS) is 14.6. The van der Waals surface area contributed by atoms with E-state index in [1.165, 1.54) is 17.4 Å². The van der Waals surface area contributed by atoms with Gasteiger partial charge in [0, 0.05) is 18.4 Å². The number of aryl methyl sites for hydroxylation is 2. The summed E-state index contributed by atoms with van der Waals surface area (Å²) in [6.07, 6.45) is 5.93. The number of hydrogen-bond acceptors (Lipinski definition) is 4. The third-order valence-electron chi connectivity index (χ3n) is 4.96. The van der Waals surface area contributed by atoms with Crippen LogP contribution < -0.4 is 9.70 Å². The van der Waals surface area contributed by atoms with Gasteiger partial charge in [-0.3, -0.25) is 19.3 Å². The average molecular weight is 417 g/mol. The van der Waals surface area contributed by atoms with E-state index >= 15 is 0 Å². The SMILES string of the molecule is C#CCn1c(=NC(=O)c2cccc(N3C(=O)CCC3=O)c2)sc2cc(C)cc(C)c21. The van der Waals surface area contributed by atoms with E-state index in [9.17, 15) is 14.4 Å². The van der Waals surface area contributed by atoms with Gasteiger partial charge in [0.1, 0.15) is 0 Å². The highest BCUT2D eigenvalue weighted by molar-refractivity contribution is 7.16. The summed E-state index contributed by atoms with van der Waals surface area (Å²) in [7, 11) is 0. The van der Waals surface area contributed by atoms with Crippen molar-refractivity contribution in [2.45, 2.75) is 33.2 Å². The van der Waals surface area contributed by atoms with Crippen LogP contribution in [0, 0.1) is 26.2 Å². The lowest BCUT2D eigenvalue weighted by atomic mass is 10.1. The minimum Gasteiger partial charge on any atom is -0.304 e. The van der Waals surface area contributed by atoms with Crippen LogP contribution in [0.1, 0.15) is 34.3 Å². The Hall–Kier alpha value is -3.50. The quantitative estimate of drug-likeness (QED) is 0.485. The minimum absolute atomic E-state index is 0.189. The van der Waals surface area contributed by atoms with Crippen molar-refractivity contribution in [2.24, 2.45) is 4.99 Å². The van der Waals surface area contributed by atoms with Gasteiger partial charge in [-0.2, -0.15) is 4.99 Å². The Morgan fingerprint density at radius 1 is 1.17 bits per heavy atom. The molecule has 0 atom stereocenters. The number of carbonyl (C=O) groups excluding carboxylic acids is 3. The van der Waals surface area contributed by atoms with Crippen molar-refractivity contribution in [3.63, 3.8) is 0 Å². The lowest BCUT2D eigenvalue weighted by Gasteiger charge is -2.14. The second kappa shape index (κ2) is 7.73. The lowest BCUT2D eigenvalue weighted by molar-refractivity contribution is -0.121. The van der Waals surface area contributed by atoms with Gasteiger partial charge in [-0.1, -0.05) is 29.4 Å². The average Bonchev–Trinajstić information content (AvgIpc) is 3.21. The maximum Gasteiger partial charge on any atom is 0.279 e. The minimum atomic E-state index is -0.456. The van der Waals surface area contributed by atoms with E-state index in [0.29, 0.717) is 22.6 Å². The first-order valence-electron chi connectivity index (χ1n) is 9.48. The molecule has 1 aliphatic rings. The third-order valence-corrected chi connectivity index (χ3v) is 5.99.